The lowest BCUT2D eigenvalue weighted by Gasteiger charge is -2.14. The molecule has 2 rings (SSSR count). The van der Waals surface area contributed by atoms with Crippen molar-refractivity contribution in [2.45, 2.75) is 18.7 Å². The van der Waals surface area contributed by atoms with Crippen molar-refractivity contribution in [2.24, 2.45) is 5.92 Å². The Kier molecular flexibility index (Phi) is 4.47. The van der Waals surface area contributed by atoms with Gasteiger partial charge in [-0.25, -0.2) is 0 Å². The summed E-state index contributed by atoms with van der Waals surface area (Å²) in [6, 6.07) is 5.34. The van der Waals surface area contributed by atoms with Crippen LogP contribution in [0.5, 0.6) is 0 Å². The Hall–Kier alpha value is -1.49. The van der Waals surface area contributed by atoms with E-state index >= 15 is 0 Å². The van der Waals surface area contributed by atoms with Gasteiger partial charge in [-0.2, -0.15) is 0 Å². The number of halogens is 1. The molecule has 0 aliphatic carbocycles. The van der Waals surface area contributed by atoms with E-state index in [4.69, 9.17) is 0 Å². The number of alkyl halides is 1. The van der Waals surface area contributed by atoms with E-state index in [-0.39, 0.29) is 10.7 Å². The van der Waals surface area contributed by atoms with Crippen LogP contribution in [0.25, 0.3) is 11.0 Å². The minimum Gasteiger partial charge on any atom is -0.351 e. The smallest absolute Gasteiger partial charge is 0.251 e. The van der Waals surface area contributed by atoms with Crippen LogP contribution in [-0.4, -0.2) is 27.2 Å². The Labute approximate surface area is 120 Å². The standard InChI is InChI=1S/C14H16BrN3O/c1-9(2)11(15)8-18-14(19)10-3-4-12-13(7-10)17-6-5-16-12/h3-7,9,11H,8H2,1-2H3,(H,18,19). The summed E-state index contributed by atoms with van der Waals surface area (Å²) in [5.41, 5.74) is 2.13. The highest BCUT2D eigenvalue weighted by molar-refractivity contribution is 9.09. The van der Waals surface area contributed by atoms with Crippen LogP contribution in [0, 0.1) is 5.92 Å². The number of hydrogen-bond donors (Lipinski definition) is 1. The summed E-state index contributed by atoms with van der Waals surface area (Å²) in [5, 5.41) is 2.91. The van der Waals surface area contributed by atoms with Crippen LogP contribution in [0.3, 0.4) is 0 Å². The highest BCUT2D eigenvalue weighted by Gasteiger charge is 2.12. The second-order valence-electron chi connectivity index (χ2n) is 4.73. The number of benzene rings is 1. The molecule has 1 amide bonds. The molecule has 0 saturated heterocycles. The molecule has 1 atom stereocenters. The average molecular weight is 322 g/mol. The predicted molar refractivity (Wildman–Crippen MR) is 79.4 cm³/mol. The van der Waals surface area contributed by atoms with Gasteiger partial charge in [0.2, 0.25) is 0 Å². The van der Waals surface area contributed by atoms with Crippen LogP contribution in [0.2, 0.25) is 0 Å². The van der Waals surface area contributed by atoms with Crippen LogP contribution < -0.4 is 5.32 Å². The van der Waals surface area contributed by atoms with Crippen LogP contribution in [0.4, 0.5) is 0 Å². The molecular formula is C14H16BrN3O. The van der Waals surface area contributed by atoms with Gasteiger partial charge in [0.15, 0.2) is 0 Å². The van der Waals surface area contributed by atoms with Gasteiger partial charge in [-0.05, 0) is 24.1 Å². The zero-order chi connectivity index (χ0) is 13.8. The molecule has 1 heterocycles. The first-order chi connectivity index (χ1) is 9.08. The number of nitrogens with one attached hydrogen (secondary N) is 1. The third kappa shape index (κ3) is 3.50. The number of aromatic nitrogens is 2. The SMILES string of the molecule is CC(C)C(Br)CNC(=O)c1ccc2nccnc2c1. The van der Waals surface area contributed by atoms with Gasteiger partial charge in [0.05, 0.1) is 11.0 Å². The van der Waals surface area contributed by atoms with Gasteiger partial charge in [0.25, 0.3) is 5.91 Å². The molecule has 0 aliphatic rings. The first-order valence-corrected chi connectivity index (χ1v) is 7.12. The molecule has 0 radical (unpaired) electrons. The maximum Gasteiger partial charge on any atom is 0.251 e. The Morgan fingerprint density at radius 2 is 1.95 bits per heavy atom. The molecule has 2 aromatic rings. The fourth-order valence-electron chi connectivity index (χ4n) is 1.63. The Balaban J connectivity index is 2.09. The topological polar surface area (TPSA) is 54.9 Å². The predicted octanol–water partition coefficient (Wildman–Crippen LogP) is 2.78. The molecule has 4 nitrogen and oxygen atoms in total. The number of carbonyl (C=O) groups is 1. The molecular weight excluding hydrogens is 306 g/mol. The molecule has 5 heteroatoms. The summed E-state index contributed by atoms with van der Waals surface area (Å²) in [4.78, 5) is 20.7. The van der Waals surface area contributed by atoms with Crippen molar-refractivity contribution in [3.05, 3.63) is 36.2 Å². The highest BCUT2D eigenvalue weighted by Crippen LogP contribution is 2.12. The zero-order valence-electron chi connectivity index (χ0n) is 10.9. The van der Waals surface area contributed by atoms with Crippen molar-refractivity contribution in [2.75, 3.05) is 6.54 Å². The molecule has 1 aromatic heterocycles. The van der Waals surface area contributed by atoms with Gasteiger partial charge in [0, 0.05) is 29.3 Å². The first-order valence-electron chi connectivity index (χ1n) is 6.21. The van der Waals surface area contributed by atoms with Gasteiger partial charge < -0.3 is 5.32 Å². The molecule has 0 fully saturated rings. The second-order valence-corrected chi connectivity index (χ2v) is 5.91. The molecule has 1 unspecified atom stereocenters. The largest absolute Gasteiger partial charge is 0.351 e. The number of hydrogen-bond acceptors (Lipinski definition) is 3. The van der Waals surface area contributed by atoms with Crippen LogP contribution in [0.1, 0.15) is 24.2 Å². The summed E-state index contributed by atoms with van der Waals surface area (Å²) in [6.07, 6.45) is 3.26. The molecule has 1 aromatic carbocycles. The minimum absolute atomic E-state index is 0.0855. The van der Waals surface area contributed by atoms with E-state index in [1.807, 2.05) is 6.07 Å². The quantitative estimate of drug-likeness (QED) is 0.881. The van der Waals surface area contributed by atoms with Crippen LogP contribution in [-0.2, 0) is 0 Å². The monoisotopic (exact) mass is 321 g/mol. The van der Waals surface area contributed by atoms with E-state index in [1.54, 1.807) is 24.5 Å². The Morgan fingerprint density at radius 1 is 1.26 bits per heavy atom. The third-order valence-corrected chi connectivity index (χ3v) is 4.29. The van der Waals surface area contributed by atoms with Gasteiger partial charge in [-0.3, -0.25) is 14.8 Å². The van der Waals surface area contributed by atoms with Crippen molar-refractivity contribution >= 4 is 32.9 Å². The van der Waals surface area contributed by atoms with E-state index in [0.717, 1.165) is 11.0 Å². The molecule has 0 spiro atoms. The van der Waals surface area contributed by atoms with Crippen molar-refractivity contribution in [1.29, 1.82) is 0 Å². The van der Waals surface area contributed by atoms with E-state index in [0.29, 0.717) is 18.0 Å². The lowest BCUT2D eigenvalue weighted by molar-refractivity contribution is 0.0953. The number of amides is 1. The van der Waals surface area contributed by atoms with Crippen molar-refractivity contribution in [1.82, 2.24) is 15.3 Å². The lowest BCUT2D eigenvalue weighted by atomic mass is 10.1. The fourth-order valence-corrected chi connectivity index (χ4v) is 1.79. The van der Waals surface area contributed by atoms with E-state index < -0.39 is 0 Å². The number of nitrogens with zero attached hydrogens (tertiary/aromatic N) is 2. The number of rotatable bonds is 4. The van der Waals surface area contributed by atoms with E-state index in [9.17, 15) is 4.79 Å². The molecule has 0 bridgehead atoms. The van der Waals surface area contributed by atoms with Gasteiger partial charge in [0.1, 0.15) is 0 Å². The zero-order valence-corrected chi connectivity index (χ0v) is 12.5. The van der Waals surface area contributed by atoms with E-state index in [2.05, 4.69) is 45.1 Å². The number of fused-ring (bicyclic) bond motifs is 1. The summed E-state index contributed by atoms with van der Waals surface area (Å²) >= 11 is 3.55. The molecule has 19 heavy (non-hydrogen) atoms. The molecule has 100 valence electrons. The van der Waals surface area contributed by atoms with Crippen molar-refractivity contribution < 1.29 is 4.79 Å². The average Bonchev–Trinajstić information content (AvgIpc) is 2.43. The van der Waals surface area contributed by atoms with Crippen molar-refractivity contribution in [3.63, 3.8) is 0 Å². The molecule has 0 saturated carbocycles. The third-order valence-electron chi connectivity index (χ3n) is 2.91. The summed E-state index contributed by atoms with van der Waals surface area (Å²) in [6.45, 7) is 4.82. The van der Waals surface area contributed by atoms with Gasteiger partial charge in [-0.1, -0.05) is 29.8 Å². The first kappa shape index (κ1) is 13.9. The maximum atomic E-state index is 12.0. The summed E-state index contributed by atoms with van der Waals surface area (Å²) in [5.74, 6) is 0.389. The van der Waals surface area contributed by atoms with Crippen LogP contribution in [0.15, 0.2) is 30.6 Å². The van der Waals surface area contributed by atoms with Crippen molar-refractivity contribution in [3.8, 4) is 0 Å². The minimum atomic E-state index is -0.0855. The normalized spacial score (nSPS) is 12.6. The fraction of sp³-hybridized carbons (Fsp3) is 0.357. The number of carbonyl (C=O) groups excluding carboxylic acids is 1. The maximum absolute atomic E-state index is 12.0. The summed E-state index contributed by atoms with van der Waals surface area (Å²) < 4.78 is 0. The summed E-state index contributed by atoms with van der Waals surface area (Å²) in [7, 11) is 0. The lowest BCUT2D eigenvalue weighted by Crippen LogP contribution is -2.31. The Bertz CT molecular complexity index is 586. The Morgan fingerprint density at radius 3 is 2.63 bits per heavy atom. The van der Waals surface area contributed by atoms with E-state index in [1.165, 1.54) is 0 Å². The van der Waals surface area contributed by atoms with Gasteiger partial charge in [-0.15, -0.1) is 0 Å². The molecule has 0 aliphatic heterocycles. The highest BCUT2D eigenvalue weighted by atomic mass is 79.9. The molecule has 1 N–H and O–H groups in total. The van der Waals surface area contributed by atoms with Gasteiger partial charge >= 0.3 is 0 Å². The second kappa shape index (κ2) is 6.10. The van der Waals surface area contributed by atoms with Crippen LogP contribution >= 0.6 is 15.9 Å².